The van der Waals surface area contributed by atoms with E-state index in [0.29, 0.717) is 5.57 Å². The highest BCUT2D eigenvalue weighted by Gasteiger charge is 1.96. The first-order chi connectivity index (χ1) is 4.04. The van der Waals surface area contributed by atoms with Gasteiger partial charge in [0.1, 0.15) is 5.76 Å². The summed E-state index contributed by atoms with van der Waals surface area (Å²) in [6, 6.07) is 0. The van der Waals surface area contributed by atoms with Gasteiger partial charge in [-0.25, -0.2) is 0 Å². The minimum Gasteiger partial charge on any atom is -0.509 e. The molecule has 0 radical (unpaired) electrons. The quantitative estimate of drug-likeness (QED) is 0.435. The third kappa shape index (κ3) is 3.79. The molecule has 0 aromatic heterocycles. The van der Waals surface area contributed by atoms with Crippen molar-refractivity contribution in [3.8, 4) is 0 Å². The maximum Gasteiger partial charge on any atom is 0.108 e. The first-order valence-electron chi connectivity index (χ1n) is 2.78. The fourth-order valence-corrected chi connectivity index (χ4v) is 0.383. The van der Waals surface area contributed by atoms with Crippen molar-refractivity contribution in [1.29, 1.82) is 0 Å². The van der Waals surface area contributed by atoms with Crippen LogP contribution in [0.4, 0.5) is 0 Å². The average molecular weight is 128 g/mol. The number of aliphatic hydroxyl groups is 2. The Morgan fingerprint density at radius 2 is 2.11 bits per heavy atom. The van der Waals surface area contributed by atoms with E-state index < -0.39 is 6.10 Å². The predicted octanol–water partition coefficient (Wildman–Crippen LogP) is 1.39. The molecule has 2 nitrogen and oxygen atoms in total. The first-order valence-corrected chi connectivity index (χ1v) is 2.78. The second-order valence-electron chi connectivity index (χ2n) is 2.06. The molecule has 2 heteroatoms. The number of hydrogen-bond acceptors (Lipinski definition) is 2. The third-order valence-electron chi connectivity index (χ3n) is 1.05. The summed E-state index contributed by atoms with van der Waals surface area (Å²) in [5.41, 5.74) is 0.711. The van der Waals surface area contributed by atoms with Crippen molar-refractivity contribution in [3.63, 3.8) is 0 Å². The topological polar surface area (TPSA) is 40.5 Å². The lowest BCUT2D eigenvalue weighted by atomic mass is 10.2. The maximum absolute atomic E-state index is 8.85. The molecule has 0 aliphatic carbocycles. The monoisotopic (exact) mass is 128 g/mol. The second-order valence-corrected chi connectivity index (χ2v) is 2.06. The van der Waals surface area contributed by atoms with Crippen LogP contribution in [-0.2, 0) is 0 Å². The second kappa shape index (κ2) is 3.30. The molecule has 0 aromatic carbocycles. The molecule has 0 aliphatic heterocycles. The highest BCUT2D eigenvalue weighted by Crippen LogP contribution is 2.01. The summed E-state index contributed by atoms with van der Waals surface area (Å²) in [6.07, 6.45) is 0.930. The zero-order valence-electron chi connectivity index (χ0n) is 5.76. The molecular formula is C7H12O2. The molecule has 9 heavy (non-hydrogen) atoms. The van der Waals surface area contributed by atoms with Crippen LogP contribution in [0.25, 0.3) is 0 Å². The third-order valence-corrected chi connectivity index (χ3v) is 1.05. The van der Waals surface area contributed by atoms with Crippen molar-refractivity contribution in [2.75, 3.05) is 0 Å². The fourth-order valence-electron chi connectivity index (χ4n) is 0.383. The lowest BCUT2D eigenvalue weighted by Gasteiger charge is -2.01. The Kier molecular flexibility index (Phi) is 3.02. The van der Waals surface area contributed by atoms with E-state index in [1.54, 1.807) is 13.8 Å². The summed E-state index contributed by atoms with van der Waals surface area (Å²) < 4.78 is 0. The van der Waals surface area contributed by atoms with Gasteiger partial charge in [-0.2, -0.15) is 0 Å². The summed E-state index contributed by atoms with van der Waals surface area (Å²) in [4.78, 5) is 0. The molecule has 0 spiro atoms. The fraction of sp³-hybridized carbons (Fsp3) is 0.429. The van der Waals surface area contributed by atoms with Gasteiger partial charge >= 0.3 is 0 Å². The van der Waals surface area contributed by atoms with Gasteiger partial charge in [0, 0.05) is 0 Å². The van der Waals surface area contributed by atoms with E-state index in [0.717, 1.165) is 0 Å². The zero-order chi connectivity index (χ0) is 7.44. The van der Waals surface area contributed by atoms with Gasteiger partial charge in [-0.3, -0.25) is 0 Å². The Bertz CT molecular complexity index is 134. The predicted molar refractivity (Wildman–Crippen MR) is 37.2 cm³/mol. The van der Waals surface area contributed by atoms with Crippen molar-refractivity contribution in [2.24, 2.45) is 0 Å². The average Bonchev–Trinajstić information content (AvgIpc) is 1.63. The minimum absolute atomic E-state index is 0.0200. The highest BCUT2D eigenvalue weighted by molar-refractivity contribution is 5.15. The molecule has 0 bridgehead atoms. The van der Waals surface area contributed by atoms with Crippen molar-refractivity contribution < 1.29 is 10.2 Å². The molecule has 2 N–H and O–H groups in total. The van der Waals surface area contributed by atoms with Gasteiger partial charge in [0.15, 0.2) is 0 Å². The Balaban J connectivity index is 4.00. The normalized spacial score (nSPS) is 15.2. The van der Waals surface area contributed by atoms with Gasteiger partial charge in [0.25, 0.3) is 0 Å². The zero-order valence-corrected chi connectivity index (χ0v) is 5.76. The van der Waals surface area contributed by atoms with Gasteiger partial charge in [0.2, 0.25) is 0 Å². The van der Waals surface area contributed by atoms with E-state index in [9.17, 15) is 0 Å². The van der Waals surface area contributed by atoms with Gasteiger partial charge in [0.05, 0.1) is 6.10 Å². The Morgan fingerprint density at radius 3 is 2.22 bits per heavy atom. The van der Waals surface area contributed by atoms with Gasteiger partial charge < -0.3 is 10.2 Å². The van der Waals surface area contributed by atoms with Crippen molar-refractivity contribution in [2.45, 2.75) is 20.0 Å². The molecule has 1 unspecified atom stereocenters. The van der Waals surface area contributed by atoms with Gasteiger partial charge in [-0.05, 0) is 25.5 Å². The maximum atomic E-state index is 8.85. The summed E-state index contributed by atoms with van der Waals surface area (Å²) in [7, 11) is 0. The molecule has 0 rings (SSSR count). The molecule has 52 valence electrons. The Hall–Kier alpha value is -0.760. The van der Waals surface area contributed by atoms with Crippen LogP contribution in [0.15, 0.2) is 24.0 Å². The van der Waals surface area contributed by atoms with E-state index >= 15 is 0 Å². The first kappa shape index (κ1) is 8.24. The van der Waals surface area contributed by atoms with Gasteiger partial charge in [-0.1, -0.05) is 6.58 Å². The van der Waals surface area contributed by atoms with E-state index in [1.807, 2.05) is 0 Å². The minimum atomic E-state index is -0.506. The van der Waals surface area contributed by atoms with Crippen LogP contribution in [0.5, 0.6) is 0 Å². The number of hydrogen-bond donors (Lipinski definition) is 2. The molecule has 0 saturated heterocycles. The number of rotatable bonds is 2. The summed E-state index contributed by atoms with van der Waals surface area (Å²) >= 11 is 0. The summed E-state index contributed by atoms with van der Waals surface area (Å²) in [5.74, 6) is -0.0200. The molecule has 0 fully saturated rings. The van der Waals surface area contributed by atoms with Crippen molar-refractivity contribution in [3.05, 3.63) is 24.0 Å². The van der Waals surface area contributed by atoms with Crippen LogP contribution >= 0.6 is 0 Å². The summed E-state index contributed by atoms with van der Waals surface area (Å²) in [5, 5.41) is 17.4. The van der Waals surface area contributed by atoms with Crippen LogP contribution < -0.4 is 0 Å². The van der Waals surface area contributed by atoms with Crippen LogP contribution in [-0.4, -0.2) is 16.3 Å². The Morgan fingerprint density at radius 1 is 1.67 bits per heavy atom. The molecule has 0 heterocycles. The SMILES string of the molecule is C=C(O)/C=C(/C)C(C)O. The number of allylic oxidation sites excluding steroid dienone is 1. The Labute approximate surface area is 55.1 Å². The van der Waals surface area contributed by atoms with Crippen LogP contribution in [0.2, 0.25) is 0 Å². The van der Waals surface area contributed by atoms with Crippen LogP contribution in [0, 0.1) is 0 Å². The standard InChI is InChI=1S/C7H12O2/c1-5(7(3)9)4-6(2)8/h4,7-9H,2H2,1,3H3/b5-4-. The van der Waals surface area contributed by atoms with E-state index in [-0.39, 0.29) is 5.76 Å². The lowest BCUT2D eigenvalue weighted by molar-refractivity contribution is 0.230. The largest absolute Gasteiger partial charge is 0.509 e. The van der Waals surface area contributed by atoms with Crippen LogP contribution in [0.3, 0.4) is 0 Å². The highest BCUT2D eigenvalue weighted by atomic mass is 16.3. The van der Waals surface area contributed by atoms with Crippen molar-refractivity contribution >= 4 is 0 Å². The molecule has 1 atom stereocenters. The molecule has 0 aliphatic rings. The lowest BCUT2D eigenvalue weighted by Crippen LogP contribution is -2.00. The van der Waals surface area contributed by atoms with E-state index in [1.165, 1.54) is 6.08 Å². The molecule has 0 aromatic rings. The smallest absolute Gasteiger partial charge is 0.108 e. The van der Waals surface area contributed by atoms with E-state index in [4.69, 9.17) is 10.2 Å². The van der Waals surface area contributed by atoms with Crippen LogP contribution in [0.1, 0.15) is 13.8 Å². The molecular weight excluding hydrogens is 116 g/mol. The van der Waals surface area contributed by atoms with Crippen molar-refractivity contribution in [1.82, 2.24) is 0 Å². The number of aliphatic hydroxyl groups excluding tert-OH is 2. The molecule has 0 amide bonds. The van der Waals surface area contributed by atoms with Gasteiger partial charge in [-0.15, -0.1) is 0 Å². The molecule has 0 saturated carbocycles. The van der Waals surface area contributed by atoms with E-state index in [2.05, 4.69) is 6.58 Å². The summed E-state index contributed by atoms with van der Waals surface area (Å²) in [6.45, 7) is 6.61.